The number of alkyl halides is 3. The largest absolute Gasteiger partial charge is 0.474 e. The van der Waals surface area contributed by atoms with Crippen LogP contribution in [0.3, 0.4) is 0 Å². The minimum Gasteiger partial charge on any atom is -0.474 e. The molecule has 3 aromatic rings. The number of rotatable bonds is 5. The molecular formula is C24H28F5N7O2. The Balaban J connectivity index is 2.05. The van der Waals surface area contributed by atoms with Crippen LogP contribution in [0.2, 0.25) is 0 Å². The van der Waals surface area contributed by atoms with Crippen molar-refractivity contribution in [2.45, 2.75) is 39.0 Å². The van der Waals surface area contributed by atoms with E-state index in [0.29, 0.717) is 45.1 Å². The number of nitrogens with one attached hydrogen (secondary N) is 2. The zero-order valence-electron chi connectivity index (χ0n) is 20.8. The summed E-state index contributed by atoms with van der Waals surface area (Å²) >= 11 is 0. The molecule has 1 aliphatic rings. The third kappa shape index (κ3) is 5.50. The van der Waals surface area contributed by atoms with Crippen molar-refractivity contribution in [3.05, 3.63) is 28.8 Å². The summed E-state index contributed by atoms with van der Waals surface area (Å²) in [6.07, 6.45) is -4.49. The molecule has 206 valence electrons. The predicted octanol–water partition coefficient (Wildman–Crippen LogP) is 3.78. The van der Waals surface area contributed by atoms with E-state index in [2.05, 4.69) is 25.6 Å². The fourth-order valence-electron chi connectivity index (χ4n) is 4.14. The topological polar surface area (TPSA) is 133 Å². The molecule has 0 radical (unpaired) electrons. The van der Waals surface area contributed by atoms with Gasteiger partial charge in [-0.3, -0.25) is 0 Å². The molecule has 6 N–H and O–H groups in total. The Bertz CT molecular complexity index is 1340. The highest BCUT2D eigenvalue weighted by Gasteiger charge is 2.39. The van der Waals surface area contributed by atoms with Crippen LogP contribution in [-0.4, -0.2) is 53.8 Å². The SMILES string of the molecule is Cc1c(F)c(N)cc(-c2nc3c4c(nc(OCCCN)nc4c2F)NCCNCCC(C)O3)c1C(F)(F)F. The number of ether oxygens (including phenoxy) is 2. The Morgan fingerprint density at radius 2 is 1.89 bits per heavy atom. The molecule has 1 aliphatic heterocycles. The standard InChI is InChI=1S/C24H28F5N7O2/c1-11-4-6-32-7-8-33-21-15-20(35-23(36-21)37-9-3-5-30)18(26)19(34-22(15)38-11)13-10-14(31)17(25)12(2)16(13)24(27,28)29/h10-11,32H,3-9,30-31H2,1-2H3,(H,33,35,36). The van der Waals surface area contributed by atoms with Crippen molar-refractivity contribution in [3.8, 4) is 23.1 Å². The van der Waals surface area contributed by atoms with Crippen LogP contribution in [0.4, 0.5) is 33.5 Å². The molecule has 9 nitrogen and oxygen atoms in total. The second kappa shape index (κ2) is 11.1. The highest BCUT2D eigenvalue weighted by Crippen LogP contribution is 2.44. The van der Waals surface area contributed by atoms with Gasteiger partial charge in [0.25, 0.3) is 0 Å². The van der Waals surface area contributed by atoms with E-state index < -0.39 is 52.0 Å². The minimum atomic E-state index is -5.04. The van der Waals surface area contributed by atoms with Gasteiger partial charge in [-0.15, -0.1) is 0 Å². The van der Waals surface area contributed by atoms with E-state index in [1.807, 2.05) is 0 Å². The van der Waals surface area contributed by atoms with E-state index in [1.54, 1.807) is 6.92 Å². The van der Waals surface area contributed by atoms with Crippen LogP contribution in [0.1, 0.15) is 30.9 Å². The van der Waals surface area contributed by atoms with Crippen LogP contribution in [0.5, 0.6) is 11.9 Å². The lowest BCUT2D eigenvalue weighted by molar-refractivity contribution is -0.137. The summed E-state index contributed by atoms with van der Waals surface area (Å²) in [5, 5.41) is 6.32. The summed E-state index contributed by atoms with van der Waals surface area (Å²) in [6, 6.07) is 0.504. The Labute approximate surface area is 215 Å². The molecule has 0 saturated heterocycles. The smallest absolute Gasteiger partial charge is 0.417 e. The molecule has 38 heavy (non-hydrogen) atoms. The van der Waals surface area contributed by atoms with Crippen molar-refractivity contribution >= 4 is 22.4 Å². The van der Waals surface area contributed by atoms with Gasteiger partial charge in [-0.05, 0) is 51.4 Å². The monoisotopic (exact) mass is 541 g/mol. The van der Waals surface area contributed by atoms with Crippen molar-refractivity contribution in [1.82, 2.24) is 20.3 Å². The molecule has 14 heteroatoms. The Hall–Kier alpha value is -3.52. The number of nitrogen functional groups attached to an aromatic ring is 1. The van der Waals surface area contributed by atoms with Gasteiger partial charge in [-0.1, -0.05) is 0 Å². The van der Waals surface area contributed by atoms with Gasteiger partial charge in [0.2, 0.25) is 5.88 Å². The van der Waals surface area contributed by atoms with Gasteiger partial charge in [0.05, 0.1) is 24.0 Å². The Kier molecular flexibility index (Phi) is 8.02. The van der Waals surface area contributed by atoms with E-state index in [1.165, 1.54) is 0 Å². The number of nitrogens with zero attached hydrogens (tertiary/aromatic N) is 3. The lowest BCUT2D eigenvalue weighted by atomic mass is 9.96. The maximum atomic E-state index is 16.1. The van der Waals surface area contributed by atoms with Crippen LogP contribution in [0.25, 0.3) is 22.2 Å². The first-order valence-corrected chi connectivity index (χ1v) is 12.0. The molecule has 1 aromatic carbocycles. The number of nitrogens with two attached hydrogens (primary N) is 2. The number of hydrogen-bond acceptors (Lipinski definition) is 9. The van der Waals surface area contributed by atoms with Gasteiger partial charge in [-0.25, -0.2) is 13.8 Å². The first-order valence-electron chi connectivity index (χ1n) is 12.0. The second-order valence-electron chi connectivity index (χ2n) is 8.87. The summed E-state index contributed by atoms with van der Waals surface area (Å²) in [5.41, 5.74) is 6.54. The van der Waals surface area contributed by atoms with Crippen molar-refractivity contribution in [2.24, 2.45) is 5.73 Å². The first kappa shape index (κ1) is 27.5. The highest BCUT2D eigenvalue weighted by molar-refractivity contribution is 5.96. The molecule has 1 unspecified atom stereocenters. The number of pyridine rings is 1. The van der Waals surface area contributed by atoms with Gasteiger partial charge in [-0.2, -0.15) is 23.1 Å². The fourth-order valence-corrected chi connectivity index (χ4v) is 4.14. The van der Waals surface area contributed by atoms with Gasteiger partial charge >= 0.3 is 12.2 Å². The van der Waals surface area contributed by atoms with E-state index in [9.17, 15) is 17.6 Å². The summed E-state index contributed by atoms with van der Waals surface area (Å²) in [4.78, 5) is 12.7. The second-order valence-corrected chi connectivity index (χ2v) is 8.87. The van der Waals surface area contributed by atoms with Gasteiger partial charge in [0, 0.05) is 18.7 Å². The normalized spacial score (nSPS) is 16.5. The van der Waals surface area contributed by atoms with Crippen LogP contribution in [-0.2, 0) is 6.18 Å². The molecule has 1 atom stereocenters. The molecule has 3 heterocycles. The van der Waals surface area contributed by atoms with Crippen molar-refractivity contribution < 1.29 is 31.4 Å². The lowest BCUT2D eigenvalue weighted by Crippen LogP contribution is -2.26. The molecule has 0 bridgehead atoms. The van der Waals surface area contributed by atoms with E-state index >= 15 is 4.39 Å². The molecular weight excluding hydrogens is 513 g/mol. The first-order chi connectivity index (χ1) is 18.0. The Morgan fingerprint density at radius 1 is 1.13 bits per heavy atom. The zero-order chi connectivity index (χ0) is 27.6. The number of aromatic nitrogens is 3. The number of hydrogen-bond donors (Lipinski definition) is 4. The zero-order valence-corrected chi connectivity index (χ0v) is 20.8. The average molecular weight is 542 g/mol. The van der Waals surface area contributed by atoms with E-state index in [-0.39, 0.29) is 35.2 Å². The molecule has 0 aliphatic carbocycles. The summed E-state index contributed by atoms with van der Waals surface area (Å²) < 4.78 is 84.4. The molecule has 0 saturated carbocycles. The lowest BCUT2D eigenvalue weighted by Gasteiger charge is -2.21. The summed E-state index contributed by atoms with van der Waals surface area (Å²) in [6.45, 7) is 4.65. The molecule has 0 spiro atoms. The average Bonchev–Trinajstić information content (AvgIpc) is 2.88. The van der Waals surface area contributed by atoms with Gasteiger partial charge < -0.3 is 31.6 Å². The van der Waals surface area contributed by atoms with Crippen molar-refractivity contribution in [1.29, 1.82) is 0 Å². The van der Waals surface area contributed by atoms with E-state index in [4.69, 9.17) is 20.9 Å². The van der Waals surface area contributed by atoms with Crippen LogP contribution in [0.15, 0.2) is 6.07 Å². The molecule has 0 amide bonds. The maximum absolute atomic E-state index is 16.1. The molecule has 0 fully saturated rings. The van der Waals surface area contributed by atoms with Gasteiger partial charge in [0.15, 0.2) is 5.82 Å². The number of halogens is 5. The van der Waals surface area contributed by atoms with Crippen LogP contribution < -0.4 is 31.6 Å². The highest BCUT2D eigenvalue weighted by atomic mass is 19.4. The minimum absolute atomic E-state index is 0.0338. The van der Waals surface area contributed by atoms with Gasteiger partial charge in [0.1, 0.15) is 28.2 Å². The number of anilines is 2. The summed E-state index contributed by atoms with van der Waals surface area (Å²) in [5.74, 6) is -2.50. The maximum Gasteiger partial charge on any atom is 0.417 e. The Morgan fingerprint density at radius 3 is 2.61 bits per heavy atom. The van der Waals surface area contributed by atoms with Crippen molar-refractivity contribution in [2.75, 3.05) is 43.8 Å². The quantitative estimate of drug-likeness (QED) is 0.216. The molecule has 2 aromatic heterocycles. The number of benzene rings is 1. The van der Waals surface area contributed by atoms with Crippen molar-refractivity contribution in [3.63, 3.8) is 0 Å². The fraction of sp³-hybridized carbons (Fsp3) is 0.458. The molecule has 4 rings (SSSR count). The predicted molar refractivity (Wildman–Crippen MR) is 132 cm³/mol. The van der Waals surface area contributed by atoms with Crippen LogP contribution >= 0.6 is 0 Å². The third-order valence-corrected chi connectivity index (χ3v) is 6.01. The van der Waals surface area contributed by atoms with Crippen LogP contribution in [0, 0.1) is 18.6 Å². The summed E-state index contributed by atoms with van der Waals surface area (Å²) in [7, 11) is 0. The third-order valence-electron chi connectivity index (χ3n) is 6.01. The van der Waals surface area contributed by atoms with E-state index in [0.717, 1.165) is 6.92 Å².